The maximum Gasteiger partial charge on any atom is 0.123 e. The number of halogens is 1. The molecule has 80 valence electrons. The van der Waals surface area contributed by atoms with Gasteiger partial charge in [0.05, 0.1) is 6.61 Å². The SMILES string of the molecule is CCCCCCCCCC(F)CO. The van der Waals surface area contributed by atoms with Gasteiger partial charge in [-0.25, -0.2) is 4.39 Å². The third-order valence-corrected chi connectivity index (χ3v) is 2.32. The van der Waals surface area contributed by atoms with Gasteiger partial charge in [-0.05, 0) is 6.42 Å². The van der Waals surface area contributed by atoms with Gasteiger partial charge in [0, 0.05) is 0 Å². The zero-order chi connectivity index (χ0) is 9.94. The standard InChI is InChI=1S/C11H23FO/c1-2-3-4-5-6-7-8-9-11(12)10-13/h11,13H,2-10H2,1H3. The van der Waals surface area contributed by atoms with Crippen LogP contribution in [0.5, 0.6) is 0 Å². The van der Waals surface area contributed by atoms with Crippen molar-refractivity contribution in [2.75, 3.05) is 6.61 Å². The third kappa shape index (κ3) is 9.81. The molecule has 1 unspecified atom stereocenters. The molecular weight excluding hydrogens is 167 g/mol. The summed E-state index contributed by atoms with van der Waals surface area (Å²) < 4.78 is 12.5. The normalized spacial score (nSPS) is 13.2. The molecule has 0 aromatic carbocycles. The number of alkyl halides is 1. The van der Waals surface area contributed by atoms with Gasteiger partial charge in [0.1, 0.15) is 6.17 Å². The Morgan fingerprint density at radius 3 is 2.08 bits per heavy atom. The Kier molecular flexibility index (Phi) is 9.89. The van der Waals surface area contributed by atoms with E-state index < -0.39 is 6.17 Å². The fraction of sp³-hybridized carbons (Fsp3) is 1.00. The number of unbranched alkanes of at least 4 members (excludes halogenated alkanes) is 6. The minimum absolute atomic E-state index is 0.310. The summed E-state index contributed by atoms with van der Waals surface area (Å²) in [6.07, 6.45) is 8.00. The minimum Gasteiger partial charge on any atom is -0.393 e. The molecule has 0 aromatic rings. The van der Waals surface area contributed by atoms with Crippen LogP contribution in [0.2, 0.25) is 0 Å². The average molecular weight is 190 g/mol. The van der Waals surface area contributed by atoms with Crippen LogP contribution in [0.25, 0.3) is 0 Å². The first kappa shape index (κ1) is 12.9. The Bertz CT molecular complexity index is 96.1. The van der Waals surface area contributed by atoms with Gasteiger partial charge >= 0.3 is 0 Å². The summed E-state index contributed by atoms with van der Waals surface area (Å²) in [5.74, 6) is 0. The Hall–Kier alpha value is -0.110. The van der Waals surface area contributed by atoms with Crippen LogP contribution < -0.4 is 0 Å². The lowest BCUT2D eigenvalue weighted by atomic mass is 10.1. The lowest BCUT2D eigenvalue weighted by Gasteiger charge is -2.03. The summed E-state index contributed by atoms with van der Waals surface area (Å²) in [6.45, 7) is 1.89. The largest absolute Gasteiger partial charge is 0.393 e. The van der Waals surface area contributed by atoms with Gasteiger partial charge in [0.25, 0.3) is 0 Å². The monoisotopic (exact) mass is 190 g/mol. The van der Waals surface area contributed by atoms with E-state index >= 15 is 0 Å². The maximum absolute atomic E-state index is 12.5. The highest BCUT2D eigenvalue weighted by Gasteiger charge is 2.02. The molecule has 0 saturated carbocycles. The van der Waals surface area contributed by atoms with Crippen LogP contribution in [0.15, 0.2) is 0 Å². The Balaban J connectivity index is 2.91. The topological polar surface area (TPSA) is 20.2 Å². The number of aliphatic hydroxyl groups excluding tert-OH is 1. The number of hydrogen-bond donors (Lipinski definition) is 1. The third-order valence-electron chi connectivity index (χ3n) is 2.32. The molecule has 2 heteroatoms. The van der Waals surface area contributed by atoms with Crippen LogP contribution in [-0.2, 0) is 0 Å². The predicted molar refractivity (Wildman–Crippen MR) is 54.6 cm³/mol. The van der Waals surface area contributed by atoms with Crippen molar-refractivity contribution in [2.45, 2.75) is 64.5 Å². The Morgan fingerprint density at radius 1 is 1.00 bits per heavy atom. The molecule has 0 aliphatic carbocycles. The molecular formula is C11H23FO. The summed E-state index contributed by atoms with van der Waals surface area (Å²) in [4.78, 5) is 0. The van der Waals surface area contributed by atoms with Crippen molar-refractivity contribution in [3.63, 3.8) is 0 Å². The summed E-state index contributed by atoms with van der Waals surface area (Å²) >= 11 is 0. The highest BCUT2D eigenvalue weighted by atomic mass is 19.1. The van der Waals surface area contributed by atoms with E-state index in [9.17, 15) is 4.39 Å². The summed E-state index contributed by atoms with van der Waals surface area (Å²) in [5.41, 5.74) is 0. The van der Waals surface area contributed by atoms with Crippen molar-refractivity contribution in [1.29, 1.82) is 0 Å². The van der Waals surface area contributed by atoms with Crippen molar-refractivity contribution in [3.05, 3.63) is 0 Å². The van der Waals surface area contributed by atoms with Gasteiger partial charge in [0.2, 0.25) is 0 Å². The number of aliphatic hydroxyl groups is 1. The summed E-state index contributed by atoms with van der Waals surface area (Å²) in [7, 11) is 0. The molecule has 0 aliphatic heterocycles. The minimum atomic E-state index is -0.990. The predicted octanol–water partition coefficient (Wildman–Crippen LogP) is 3.46. The zero-order valence-corrected chi connectivity index (χ0v) is 8.77. The van der Waals surface area contributed by atoms with Crippen molar-refractivity contribution >= 4 is 0 Å². The number of hydrogen-bond acceptors (Lipinski definition) is 1. The van der Waals surface area contributed by atoms with Crippen molar-refractivity contribution in [2.24, 2.45) is 0 Å². The van der Waals surface area contributed by atoms with Gasteiger partial charge in [-0.1, -0.05) is 51.9 Å². The molecule has 1 N–H and O–H groups in total. The number of rotatable bonds is 9. The van der Waals surface area contributed by atoms with Gasteiger partial charge in [-0.3, -0.25) is 0 Å². The van der Waals surface area contributed by atoms with E-state index in [1.54, 1.807) is 0 Å². The Morgan fingerprint density at radius 2 is 1.54 bits per heavy atom. The van der Waals surface area contributed by atoms with E-state index in [4.69, 9.17) is 5.11 Å². The fourth-order valence-corrected chi connectivity index (χ4v) is 1.41. The van der Waals surface area contributed by atoms with E-state index in [2.05, 4.69) is 6.92 Å². The van der Waals surface area contributed by atoms with E-state index in [0.717, 1.165) is 12.8 Å². The van der Waals surface area contributed by atoms with Crippen molar-refractivity contribution < 1.29 is 9.50 Å². The Labute approximate surface area is 81.3 Å². The van der Waals surface area contributed by atoms with Crippen LogP contribution in [-0.4, -0.2) is 17.9 Å². The van der Waals surface area contributed by atoms with Crippen molar-refractivity contribution in [1.82, 2.24) is 0 Å². The van der Waals surface area contributed by atoms with E-state index in [1.165, 1.54) is 32.1 Å². The lowest BCUT2D eigenvalue weighted by molar-refractivity contribution is 0.167. The van der Waals surface area contributed by atoms with Crippen LogP contribution in [0.4, 0.5) is 4.39 Å². The molecule has 0 aliphatic rings. The van der Waals surface area contributed by atoms with E-state index in [-0.39, 0.29) is 6.61 Å². The fourth-order valence-electron chi connectivity index (χ4n) is 1.41. The molecule has 13 heavy (non-hydrogen) atoms. The van der Waals surface area contributed by atoms with Gasteiger partial charge < -0.3 is 5.11 Å². The molecule has 0 saturated heterocycles. The van der Waals surface area contributed by atoms with Crippen LogP contribution in [0, 0.1) is 0 Å². The first-order valence-electron chi connectivity index (χ1n) is 5.56. The van der Waals surface area contributed by atoms with E-state index in [1.807, 2.05) is 0 Å². The van der Waals surface area contributed by atoms with Crippen molar-refractivity contribution in [3.8, 4) is 0 Å². The first-order chi connectivity index (χ1) is 6.31. The highest BCUT2D eigenvalue weighted by Crippen LogP contribution is 2.10. The lowest BCUT2D eigenvalue weighted by Crippen LogP contribution is -2.04. The summed E-state index contributed by atoms with van der Waals surface area (Å²) in [5, 5.41) is 8.43. The highest BCUT2D eigenvalue weighted by molar-refractivity contribution is 4.53. The first-order valence-corrected chi connectivity index (χ1v) is 5.56. The molecule has 1 nitrogen and oxygen atoms in total. The zero-order valence-electron chi connectivity index (χ0n) is 8.77. The second-order valence-electron chi connectivity index (χ2n) is 3.69. The molecule has 0 rings (SSSR count). The van der Waals surface area contributed by atoms with Crippen LogP contribution >= 0.6 is 0 Å². The molecule has 0 fully saturated rings. The molecule has 0 amide bonds. The average Bonchev–Trinajstić information content (AvgIpc) is 2.16. The quantitative estimate of drug-likeness (QED) is 0.552. The molecule has 0 radical (unpaired) electrons. The molecule has 0 heterocycles. The van der Waals surface area contributed by atoms with Gasteiger partial charge in [0.15, 0.2) is 0 Å². The summed E-state index contributed by atoms with van der Waals surface area (Å²) in [6, 6.07) is 0. The smallest absolute Gasteiger partial charge is 0.123 e. The second-order valence-corrected chi connectivity index (χ2v) is 3.69. The van der Waals surface area contributed by atoms with Crippen LogP contribution in [0.3, 0.4) is 0 Å². The molecule has 0 bridgehead atoms. The van der Waals surface area contributed by atoms with Gasteiger partial charge in [-0.2, -0.15) is 0 Å². The van der Waals surface area contributed by atoms with E-state index in [0.29, 0.717) is 6.42 Å². The second kappa shape index (κ2) is 9.97. The molecule has 1 atom stereocenters. The molecule has 0 spiro atoms. The maximum atomic E-state index is 12.5. The van der Waals surface area contributed by atoms with Crippen LogP contribution in [0.1, 0.15) is 58.3 Å². The van der Waals surface area contributed by atoms with Gasteiger partial charge in [-0.15, -0.1) is 0 Å². The molecule has 0 aromatic heterocycles.